The fourth-order valence-corrected chi connectivity index (χ4v) is 6.06. The van der Waals surface area contributed by atoms with E-state index in [9.17, 15) is 18.0 Å². The largest absolute Gasteiger partial charge is 0.496 e. The van der Waals surface area contributed by atoms with E-state index in [4.69, 9.17) is 14.2 Å². The molecule has 1 N–H and O–H groups in total. The summed E-state index contributed by atoms with van der Waals surface area (Å²) < 4.78 is 45.0. The lowest BCUT2D eigenvalue weighted by Gasteiger charge is -2.37. The minimum absolute atomic E-state index is 0.131. The summed E-state index contributed by atoms with van der Waals surface area (Å²) in [6.07, 6.45) is 5.09. The van der Waals surface area contributed by atoms with Crippen LogP contribution in [0.25, 0.3) is 10.9 Å². The molecule has 0 amide bonds. The van der Waals surface area contributed by atoms with Gasteiger partial charge in [0.2, 0.25) is 10.0 Å². The zero-order valence-corrected chi connectivity index (χ0v) is 27.6. The number of aromatic nitrogens is 1. The van der Waals surface area contributed by atoms with Gasteiger partial charge in [-0.05, 0) is 82.5 Å². The molecule has 0 saturated carbocycles. The Kier molecular flexibility index (Phi) is 10.9. The van der Waals surface area contributed by atoms with Crippen LogP contribution in [0.1, 0.15) is 87.0 Å². The van der Waals surface area contributed by atoms with Crippen molar-refractivity contribution in [1.82, 2.24) is 9.47 Å². The van der Waals surface area contributed by atoms with E-state index >= 15 is 0 Å². The molecule has 1 unspecified atom stereocenters. The lowest BCUT2D eigenvalue weighted by Crippen LogP contribution is -2.34. The van der Waals surface area contributed by atoms with Crippen molar-refractivity contribution in [3.05, 3.63) is 58.8 Å². The van der Waals surface area contributed by atoms with Gasteiger partial charge in [0.1, 0.15) is 11.4 Å². The third kappa shape index (κ3) is 8.08. The first kappa shape index (κ1) is 33.9. The van der Waals surface area contributed by atoms with Gasteiger partial charge in [-0.25, -0.2) is 18.0 Å². The van der Waals surface area contributed by atoms with Crippen molar-refractivity contribution in [3.8, 4) is 5.75 Å². The van der Waals surface area contributed by atoms with Gasteiger partial charge in [0.15, 0.2) is 0 Å². The van der Waals surface area contributed by atoms with Crippen molar-refractivity contribution in [3.63, 3.8) is 0 Å². The quantitative estimate of drug-likeness (QED) is 0.294. The van der Waals surface area contributed by atoms with Gasteiger partial charge < -0.3 is 14.2 Å². The number of nitrogens with zero attached hydrogens (tertiary/aromatic N) is 2. The normalized spacial score (nSPS) is 15.8. The van der Waals surface area contributed by atoms with Crippen molar-refractivity contribution in [2.24, 2.45) is 0 Å². The first-order chi connectivity index (χ1) is 20.2. The number of hydrogen-bond donors (Lipinski definition) is 1. The number of likely N-dealkylation sites (tertiary alicyclic amines) is 1. The molecule has 236 valence electrons. The number of carbonyl (C=O) groups excluding carboxylic acids is 2. The molecule has 11 heteroatoms. The number of carbonyl (C=O) groups is 2. The predicted octanol–water partition coefficient (Wildman–Crippen LogP) is 6.65. The number of aryl methyl sites for hydroxylation is 1. The molecule has 1 aromatic heterocycles. The smallest absolute Gasteiger partial charge is 0.419 e. The summed E-state index contributed by atoms with van der Waals surface area (Å²) in [5.41, 5.74) is 3.30. The van der Waals surface area contributed by atoms with Crippen molar-refractivity contribution >= 4 is 38.7 Å². The molecule has 2 heterocycles. The maximum absolute atomic E-state index is 13.0. The molecule has 0 radical (unpaired) electrons. The molecule has 1 atom stereocenters. The standard InChI is InChI=1S/C30H39N3O7S.C2H6/c1-19-16-26(38-5)23(21-13-15-33(27(19)21)29(35)40-30(2,3)4)18-32-14-9-8-10-25(32)22-12-11-20(28(34)39-6)17-24(22)31-41(7,36)37;1-2/h11-13,15-17,25,31H,8-10,14,18H2,1-7H3;1-2H3. The molecule has 43 heavy (non-hydrogen) atoms. The van der Waals surface area contributed by atoms with Gasteiger partial charge in [-0.2, -0.15) is 0 Å². The maximum Gasteiger partial charge on any atom is 0.419 e. The Morgan fingerprint density at radius 3 is 2.37 bits per heavy atom. The van der Waals surface area contributed by atoms with E-state index in [-0.39, 0.29) is 11.6 Å². The molecule has 10 nitrogen and oxygen atoms in total. The zero-order chi connectivity index (χ0) is 32.1. The second-order valence-electron chi connectivity index (χ2n) is 11.5. The highest BCUT2D eigenvalue weighted by atomic mass is 32.2. The summed E-state index contributed by atoms with van der Waals surface area (Å²) in [6.45, 7) is 12.7. The molecule has 0 aliphatic carbocycles. The van der Waals surface area contributed by atoms with E-state index < -0.39 is 27.7 Å². The van der Waals surface area contributed by atoms with E-state index in [2.05, 4.69) is 9.62 Å². The Morgan fingerprint density at radius 2 is 1.77 bits per heavy atom. The van der Waals surface area contributed by atoms with Crippen LogP contribution in [0.5, 0.6) is 5.75 Å². The second kappa shape index (κ2) is 13.8. The number of esters is 1. The van der Waals surface area contributed by atoms with Crippen LogP contribution in [-0.2, 0) is 26.0 Å². The Hall–Kier alpha value is -3.57. The third-order valence-electron chi connectivity index (χ3n) is 7.14. The predicted molar refractivity (Wildman–Crippen MR) is 169 cm³/mol. The van der Waals surface area contributed by atoms with Gasteiger partial charge >= 0.3 is 12.1 Å². The zero-order valence-electron chi connectivity index (χ0n) is 26.7. The number of fused-ring (bicyclic) bond motifs is 1. The monoisotopic (exact) mass is 615 g/mol. The van der Waals surface area contributed by atoms with E-state index in [1.54, 1.807) is 25.4 Å². The number of methoxy groups -OCH3 is 2. The summed E-state index contributed by atoms with van der Waals surface area (Å²) in [5, 5.41) is 0.882. The third-order valence-corrected chi connectivity index (χ3v) is 7.73. The number of sulfonamides is 1. The van der Waals surface area contributed by atoms with Crippen LogP contribution in [0.2, 0.25) is 0 Å². The first-order valence-electron chi connectivity index (χ1n) is 14.6. The molecule has 0 bridgehead atoms. The van der Waals surface area contributed by atoms with Crippen LogP contribution in [-0.4, -0.2) is 62.6 Å². The van der Waals surface area contributed by atoms with Crippen molar-refractivity contribution in [1.29, 1.82) is 0 Å². The van der Waals surface area contributed by atoms with Crippen LogP contribution in [0.15, 0.2) is 36.5 Å². The molecular formula is C32H45N3O7S. The average Bonchev–Trinajstić information content (AvgIpc) is 3.40. The fourth-order valence-electron chi connectivity index (χ4n) is 5.49. The Balaban J connectivity index is 0.00000248. The molecule has 1 fully saturated rings. The van der Waals surface area contributed by atoms with Crippen molar-refractivity contribution in [2.45, 2.75) is 79.0 Å². The van der Waals surface area contributed by atoms with Crippen molar-refractivity contribution in [2.75, 3.05) is 31.7 Å². The summed E-state index contributed by atoms with van der Waals surface area (Å²) in [4.78, 5) is 27.5. The Labute approximate surface area is 255 Å². The number of hydrogen-bond acceptors (Lipinski definition) is 8. The summed E-state index contributed by atoms with van der Waals surface area (Å²) in [5.74, 6) is 0.159. The molecule has 2 aromatic carbocycles. The molecule has 4 rings (SSSR count). The summed E-state index contributed by atoms with van der Waals surface area (Å²) in [6, 6.07) is 8.69. The van der Waals surface area contributed by atoms with Crippen LogP contribution in [0.3, 0.4) is 0 Å². The van der Waals surface area contributed by atoms with Crippen LogP contribution >= 0.6 is 0 Å². The number of piperidine rings is 1. The Bertz CT molecular complexity index is 1570. The number of ether oxygens (including phenoxy) is 3. The second-order valence-corrected chi connectivity index (χ2v) is 13.2. The lowest BCUT2D eigenvalue weighted by molar-refractivity contribution is 0.0542. The molecule has 1 saturated heterocycles. The van der Waals surface area contributed by atoms with Gasteiger partial charge in [0.25, 0.3) is 0 Å². The van der Waals surface area contributed by atoms with Crippen molar-refractivity contribution < 1.29 is 32.2 Å². The van der Waals surface area contributed by atoms with Gasteiger partial charge in [-0.3, -0.25) is 14.2 Å². The minimum Gasteiger partial charge on any atom is -0.496 e. The van der Waals surface area contributed by atoms with E-state index in [0.717, 1.165) is 59.7 Å². The summed E-state index contributed by atoms with van der Waals surface area (Å²) >= 11 is 0. The minimum atomic E-state index is -3.61. The fraction of sp³-hybridized carbons (Fsp3) is 0.500. The molecule has 1 aliphatic rings. The Morgan fingerprint density at radius 1 is 1.07 bits per heavy atom. The first-order valence-corrected chi connectivity index (χ1v) is 16.5. The van der Waals surface area contributed by atoms with Gasteiger partial charge in [-0.15, -0.1) is 0 Å². The SMILES string of the molecule is CC.COC(=O)c1ccc(C2CCCCN2Cc2c(OC)cc(C)c3c2ccn3C(=O)OC(C)(C)C)c(NS(C)(=O)=O)c1. The van der Waals surface area contributed by atoms with Crippen LogP contribution in [0.4, 0.5) is 10.5 Å². The van der Waals surface area contributed by atoms with E-state index in [1.807, 2.05) is 53.7 Å². The van der Waals surface area contributed by atoms with E-state index in [1.165, 1.54) is 17.7 Å². The van der Waals surface area contributed by atoms with Crippen LogP contribution < -0.4 is 9.46 Å². The van der Waals surface area contributed by atoms with Gasteiger partial charge in [-0.1, -0.05) is 26.3 Å². The molecule has 3 aromatic rings. The van der Waals surface area contributed by atoms with Gasteiger partial charge in [0.05, 0.1) is 37.2 Å². The lowest BCUT2D eigenvalue weighted by atomic mass is 9.92. The highest BCUT2D eigenvalue weighted by Crippen LogP contribution is 2.40. The number of nitrogens with one attached hydrogen (secondary N) is 1. The highest BCUT2D eigenvalue weighted by Gasteiger charge is 2.30. The number of rotatable bonds is 7. The summed E-state index contributed by atoms with van der Waals surface area (Å²) in [7, 11) is -0.700. The molecular weight excluding hydrogens is 570 g/mol. The highest BCUT2D eigenvalue weighted by molar-refractivity contribution is 7.92. The molecule has 0 spiro atoms. The van der Waals surface area contributed by atoms with Gasteiger partial charge in [0, 0.05) is 29.7 Å². The maximum atomic E-state index is 13.0. The number of benzene rings is 2. The molecule has 1 aliphatic heterocycles. The van der Waals surface area contributed by atoms with E-state index in [0.29, 0.717) is 18.0 Å². The topological polar surface area (TPSA) is 116 Å². The average molecular weight is 616 g/mol. The number of anilines is 1. The van der Waals surface area contributed by atoms with Crippen LogP contribution in [0, 0.1) is 6.92 Å².